The third-order valence-corrected chi connectivity index (χ3v) is 3.13. The van der Waals surface area contributed by atoms with E-state index in [1.54, 1.807) is 0 Å². The van der Waals surface area contributed by atoms with E-state index in [0.717, 1.165) is 12.2 Å². The minimum Gasteiger partial charge on any atom is -0.491 e. The molecule has 1 aromatic rings. The van der Waals surface area contributed by atoms with Gasteiger partial charge in [0.15, 0.2) is 0 Å². The van der Waals surface area contributed by atoms with Gasteiger partial charge < -0.3 is 15.2 Å². The molecule has 0 saturated carbocycles. The van der Waals surface area contributed by atoms with E-state index in [0.29, 0.717) is 13.2 Å². The number of nitrogens with one attached hydrogen (secondary N) is 1. The maximum absolute atomic E-state index is 9.72. The van der Waals surface area contributed by atoms with E-state index >= 15 is 0 Å². The van der Waals surface area contributed by atoms with Gasteiger partial charge in [0, 0.05) is 6.54 Å². The molecule has 0 aliphatic carbocycles. The van der Waals surface area contributed by atoms with Crippen LogP contribution in [0.25, 0.3) is 0 Å². The highest BCUT2D eigenvalue weighted by Gasteiger charge is 2.20. The Kier molecular flexibility index (Phi) is 5.83. The first-order valence-electron chi connectivity index (χ1n) is 6.97. The summed E-state index contributed by atoms with van der Waals surface area (Å²) in [6, 6.07) is 6.32. The van der Waals surface area contributed by atoms with Crippen molar-refractivity contribution in [2.75, 3.05) is 20.2 Å². The summed E-state index contributed by atoms with van der Waals surface area (Å²) in [7, 11) is 1.82. The average molecular weight is 265 g/mol. The number of aliphatic hydroxyl groups excluding tert-OH is 1. The molecule has 0 spiro atoms. The first-order valence-corrected chi connectivity index (χ1v) is 6.97. The smallest absolute Gasteiger partial charge is 0.123 e. The maximum atomic E-state index is 9.72. The molecule has 3 nitrogen and oxygen atoms in total. The van der Waals surface area contributed by atoms with Gasteiger partial charge in [0.2, 0.25) is 0 Å². The molecule has 3 heteroatoms. The molecule has 108 valence electrons. The molecule has 0 aliphatic heterocycles. The lowest BCUT2D eigenvalue weighted by Crippen LogP contribution is -2.29. The molecule has 0 aliphatic rings. The van der Waals surface area contributed by atoms with Gasteiger partial charge in [-0.3, -0.25) is 0 Å². The molecule has 0 heterocycles. The highest BCUT2D eigenvalue weighted by molar-refractivity contribution is 5.41. The van der Waals surface area contributed by atoms with Crippen LogP contribution in [0.5, 0.6) is 5.75 Å². The molecule has 19 heavy (non-hydrogen) atoms. The van der Waals surface area contributed by atoms with E-state index in [1.165, 1.54) is 11.1 Å². The topological polar surface area (TPSA) is 41.5 Å². The highest BCUT2D eigenvalue weighted by Crippen LogP contribution is 2.32. The lowest BCUT2D eigenvalue weighted by Gasteiger charge is -2.24. The number of aryl methyl sites for hydroxylation is 1. The molecule has 1 atom stereocenters. The van der Waals surface area contributed by atoms with Crippen molar-refractivity contribution in [1.82, 2.24) is 5.32 Å². The predicted molar refractivity (Wildman–Crippen MR) is 79.9 cm³/mol. The number of ether oxygens (including phenoxy) is 1. The zero-order chi connectivity index (χ0) is 14.5. The number of benzene rings is 1. The number of aliphatic hydroxyl groups is 1. The Hall–Kier alpha value is -1.06. The first-order chi connectivity index (χ1) is 8.88. The number of hydrogen-bond acceptors (Lipinski definition) is 3. The molecule has 1 unspecified atom stereocenters. The molecule has 0 fully saturated rings. The van der Waals surface area contributed by atoms with Gasteiger partial charge in [-0.1, -0.05) is 39.8 Å². The Bertz CT molecular complexity index is 396. The van der Waals surface area contributed by atoms with Gasteiger partial charge in [-0.15, -0.1) is 0 Å². The SMILES string of the molecule is CCc1ccc(OCC(O)CNC)c(C(C)(C)C)c1. The molecule has 0 aromatic heterocycles. The van der Waals surface area contributed by atoms with Crippen molar-refractivity contribution in [3.63, 3.8) is 0 Å². The van der Waals surface area contributed by atoms with Crippen LogP contribution in [0.15, 0.2) is 18.2 Å². The number of hydrogen-bond donors (Lipinski definition) is 2. The van der Waals surface area contributed by atoms with Gasteiger partial charge in [0.25, 0.3) is 0 Å². The molecule has 0 amide bonds. The normalized spacial score (nSPS) is 13.4. The summed E-state index contributed by atoms with van der Waals surface area (Å²) in [6.45, 7) is 9.54. The van der Waals surface area contributed by atoms with Crippen molar-refractivity contribution in [3.05, 3.63) is 29.3 Å². The fourth-order valence-corrected chi connectivity index (χ4v) is 1.99. The summed E-state index contributed by atoms with van der Waals surface area (Å²) in [6.07, 6.45) is 0.537. The number of rotatable bonds is 6. The Labute approximate surface area is 117 Å². The van der Waals surface area contributed by atoms with Crippen LogP contribution in [-0.4, -0.2) is 31.4 Å². The Morgan fingerprint density at radius 2 is 2.00 bits per heavy atom. The quantitative estimate of drug-likeness (QED) is 0.830. The third kappa shape index (κ3) is 4.84. The predicted octanol–water partition coefficient (Wildman–Crippen LogP) is 2.51. The molecule has 0 radical (unpaired) electrons. The summed E-state index contributed by atoms with van der Waals surface area (Å²) < 4.78 is 5.79. The molecular weight excluding hydrogens is 238 g/mol. The number of likely N-dealkylation sites (N-methyl/N-ethyl adjacent to an activating group) is 1. The standard InChI is InChI=1S/C16H27NO2/c1-6-12-7-8-15(14(9-12)16(2,3)4)19-11-13(18)10-17-5/h7-9,13,17-18H,6,10-11H2,1-5H3. The zero-order valence-electron chi connectivity index (χ0n) is 12.8. The second kappa shape index (κ2) is 6.92. The van der Waals surface area contributed by atoms with Crippen LogP contribution in [0.2, 0.25) is 0 Å². The van der Waals surface area contributed by atoms with Gasteiger partial charge in [0.05, 0.1) is 0 Å². The maximum Gasteiger partial charge on any atom is 0.123 e. The van der Waals surface area contributed by atoms with Gasteiger partial charge in [-0.25, -0.2) is 0 Å². The highest BCUT2D eigenvalue weighted by atomic mass is 16.5. The van der Waals surface area contributed by atoms with Crippen molar-refractivity contribution in [3.8, 4) is 5.75 Å². The second-order valence-electron chi connectivity index (χ2n) is 5.96. The van der Waals surface area contributed by atoms with Crippen LogP contribution < -0.4 is 10.1 Å². The average Bonchev–Trinajstić information content (AvgIpc) is 2.35. The third-order valence-electron chi connectivity index (χ3n) is 3.13. The van der Waals surface area contributed by atoms with Crippen molar-refractivity contribution < 1.29 is 9.84 Å². The van der Waals surface area contributed by atoms with Gasteiger partial charge in [0.1, 0.15) is 18.5 Å². The summed E-state index contributed by atoms with van der Waals surface area (Å²) in [5, 5.41) is 12.7. The summed E-state index contributed by atoms with van der Waals surface area (Å²) in [5.74, 6) is 0.875. The Balaban J connectivity index is 2.87. The lowest BCUT2D eigenvalue weighted by atomic mass is 9.85. The monoisotopic (exact) mass is 265 g/mol. The van der Waals surface area contributed by atoms with Crippen LogP contribution in [0.4, 0.5) is 0 Å². The Morgan fingerprint density at radius 3 is 2.53 bits per heavy atom. The van der Waals surface area contributed by atoms with E-state index in [4.69, 9.17) is 4.74 Å². The van der Waals surface area contributed by atoms with E-state index in [2.05, 4.69) is 45.1 Å². The van der Waals surface area contributed by atoms with Crippen LogP contribution in [0.3, 0.4) is 0 Å². The van der Waals surface area contributed by atoms with Crippen molar-refractivity contribution in [1.29, 1.82) is 0 Å². The zero-order valence-corrected chi connectivity index (χ0v) is 12.8. The van der Waals surface area contributed by atoms with Gasteiger partial charge >= 0.3 is 0 Å². The van der Waals surface area contributed by atoms with E-state index in [-0.39, 0.29) is 5.41 Å². The van der Waals surface area contributed by atoms with E-state index in [9.17, 15) is 5.11 Å². The molecule has 0 saturated heterocycles. The van der Waals surface area contributed by atoms with E-state index in [1.807, 2.05) is 13.1 Å². The van der Waals surface area contributed by atoms with Crippen LogP contribution >= 0.6 is 0 Å². The minimum atomic E-state index is -0.483. The van der Waals surface area contributed by atoms with E-state index < -0.39 is 6.10 Å². The van der Waals surface area contributed by atoms with Crippen molar-refractivity contribution in [2.45, 2.75) is 45.6 Å². The van der Waals surface area contributed by atoms with Crippen molar-refractivity contribution >= 4 is 0 Å². The van der Waals surface area contributed by atoms with Crippen LogP contribution in [-0.2, 0) is 11.8 Å². The second-order valence-corrected chi connectivity index (χ2v) is 5.96. The van der Waals surface area contributed by atoms with Crippen LogP contribution in [0, 0.1) is 0 Å². The molecular formula is C16H27NO2. The minimum absolute atomic E-state index is 0.0362. The Morgan fingerprint density at radius 1 is 1.32 bits per heavy atom. The van der Waals surface area contributed by atoms with Crippen LogP contribution in [0.1, 0.15) is 38.8 Å². The summed E-state index contributed by atoms with van der Waals surface area (Å²) in [5.41, 5.74) is 2.55. The molecule has 1 aromatic carbocycles. The molecule has 0 bridgehead atoms. The lowest BCUT2D eigenvalue weighted by molar-refractivity contribution is 0.107. The largest absolute Gasteiger partial charge is 0.491 e. The molecule has 1 rings (SSSR count). The van der Waals surface area contributed by atoms with Gasteiger partial charge in [-0.05, 0) is 36.1 Å². The molecule has 2 N–H and O–H groups in total. The van der Waals surface area contributed by atoms with Crippen molar-refractivity contribution in [2.24, 2.45) is 0 Å². The first kappa shape index (κ1) is 16.0. The van der Waals surface area contributed by atoms with Gasteiger partial charge in [-0.2, -0.15) is 0 Å². The fourth-order valence-electron chi connectivity index (χ4n) is 1.99. The fraction of sp³-hybridized carbons (Fsp3) is 0.625. The summed E-state index contributed by atoms with van der Waals surface area (Å²) in [4.78, 5) is 0. The summed E-state index contributed by atoms with van der Waals surface area (Å²) >= 11 is 0.